The van der Waals surface area contributed by atoms with Crippen LogP contribution in [0.25, 0.3) is 0 Å². The fourth-order valence-corrected chi connectivity index (χ4v) is 2.57. The zero-order valence-corrected chi connectivity index (χ0v) is 12.9. The van der Waals surface area contributed by atoms with Gasteiger partial charge in [-0.05, 0) is 36.8 Å². The predicted molar refractivity (Wildman–Crippen MR) is 85.1 cm³/mol. The molecule has 0 bridgehead atoms. The first-order chi connectivity index (χ1) is 9.70. The molecule has 0 aliphatic heterocycles. The Labute approximate surface area is 124 Å². The standard InChI is InChI=1S/C15H22FN3S/c1-17-14(18-9-10-20-2)19-11-15(7-8-15)12-3-5-13(16)6-4-12/h3-6H,7-11H2,1-2H3,(H2,17,18,19). The van der Waals surface area contributed by atoms with Crippen LogP contribution in [0.15, 0.2) is 29.3 Å². The lowest BCUT2D eigenvalue weighted by molar-refractivity contribution is 0.618. The average Bonchev–Trinajstić information content (AvgIpc) is 3.24. The molecule has 1 aromatic rings. The quantitative estimate of drug-likeness (QED) is 0.481. The summed E-state index contributed by atoms with van der Waals surface area (Å²) in [4.78, 5) is 4.22. The minimum absolute atomic E-state index is 0.158. The first kappa shape index (κ1) is 15.2. The molecule has 1 aliphatic carbocycles. The summed E-state index contributed by atoms with van der Waals surface area (Å²) in [7, 11) is 1.78. The minimum Gasteiger partial charge on any atom is -0.356 e. The summed E-state index contributed by atoms with van der Waals surface area (Å²) in [6.45, 7) is 1.75. The van der Waals surface area contributed by atoms with E-state index in [0.29, 0.717) is 0 Å². The number of nitrogens with one attached hydrogen (secondary N) is 2. The van der Waals surface area contributed by atoms with Gasteiger partial charge in [0, 0.05) is 31.3 Å². The van der Waals surface area contributed by atoms with Crippen molar-refractivity contribution in [2.75, 3.05) is 32.1 Å². The Morgan fingerprint density at radius 2 is 2.00 bits per heavy atom. The first-order valence-electron chi connectivity index (χ1n) is 6.90. The van der Waals surface area contributed by atoms with E-state index in [-0.39, 0.29) is 11.2 Å². The SMILES string of the molecule is CN=C(NCCSC)NCC1(c2ccc(F)cc2)CC1. The lowest BCUT2D eigenvalue weighted by Gasteiger charge is -2.19. The van der Waals surface area contributed by atoms with Crippen molar-refractivity contribution in [3.05, 3.63) is 35.6 Å². The molecule has 20 heavy (non-hydrogen) atoms. The monoisotopic (exact) mass is 295 g/mol. The molecule has 0 heterocycles. The van der Waals surface area contributed by atoms with Gasteiger partial charge in [-0.25, -0.2) is 4.39 Å². The molecule has 0 spiro atoms. The zero-order valence-electron chi connectivity index (χ0n) is 12.1. The molecule has 3 nitrogen and oxygen atoms in total. The van der Waals surface area contributed by atoms with Crippen LogP contribution in [0.5, 0.6) is 0 Å². The second kappa shape index (κ2) is 6.97. The maximum atomic E-state index is 13.0. The second-order valence-corrected chi connectivity index (χ2v) is 6.12. The third-order valence-corrected chi connectivity index (χ3v) is 4.34. The lowest BCUT2D eigenvalue weighted by atomic mass is 9.96. The Morgan fingerprint density at radius 1 is 1.30 bits per heavy atom. The van der Waals surface area contributed by atoms with E-state index in [1.54, 1.807) is 19.2 Å². The maximum absolute atomic E-state index is 13.0. The maximum Gasteiger partial charge on any atom is 0.191 e. The van der Waals surface area contributed by atoms with Crippen molar-refractivity contribution in [2.45, 2.75) is 18.3 Å². The molecular weight excluding hydrogens is 273 g/mol. The molecule has 2 rings (SSSR count). The summed E-state index contributed by atoms with van der Waals surface area (Å²) in [5.41, 5.74) is 1.37. The number of guanidine groups is 1. The van der Waals surface area contributed by atoms with E-state index in [2.05, 4.69) is 21.9 Å². The van der Waals surface area contributed by atoms with Crippen LogP contribution in [-0.4, -0.2) is 38.1 Å². The normalized spacial score (nSPS) is 16.9. The Balaban J connectivity index is 1.87. The number of benzene rings is 1. The molecule has 1 fully saturated rings. The van der Waals surface area contributed by atoms with E-state index in [4.69, 9.17) is 0 Å². The van der Waals surface area contributed by atoms with Crippen LogP contribution in [-0.2, 0) is 5.41 Å². The molecule has 0 amide bonds. The van der Waals surface area contributed by atoms with Gasteiger partial charge in [0.15, 0.2) is 5.96 Å². The van der Waals surface area contributed by atoms with Gasteiger partial charge in [0.1, 0.15) is 5.82 Å². The first-order valence-corrected chi connectivity index (χ1v) is 8.29. The minimum atomic E-state index is -0.174. The fourth-order valence-electron chi connectivity index (χ4n) is 2.27. The third kappa shape index (κ3) is 3.88. The highest BCUT2D eigenvalue weighted by Gasteiger charge is 2.44. The van der Waals surface area contributed by atoms with Crippen molar-refractivity contribution in [3.63, 3.8) is 0 Å². The summed E-state index contributed by atoms with van der Waals surface area (Å²) in [6, 6.07) is 6.88. The van der Waals surface area contributed by atoms with Crippen LogP contribution in [0.2, 0.25) is 0 Å². The van der Waals surface area contributed by atoms with Crippen LogP contribution in [0.1, 0.15) is 18.4 Å². The van der Waals surface area contributed by atoms with Crippen molar-refractivity contribution in [1.82, 2.24) is 10.6 Å². The molecule has 1 aliphatic rings. The van der Waals surface area contributed by atoms with Gasteiger partial charge in [-0.15, -0.1) is 0 Å². The molecule has 0 radical (unpaired) electrons. The number of hydrogen-bond donors (Lipinski definition) is 2. The van der Waals surface area contributed by atoms with E-state index in [1.165, 1.54) is 5.56 Å². The van der Waals surface area contributed by atoms with Crippen LogP contribution in [0, 0.1) is 5.82 Å². The molecule has 1 aromatic carbocycles. The van der Waals surface area contributed by atoms with Gasteiger partial charge in [0.2, 0.25) is 0 Å². The van der Waals surface area contributed by atoms with Crippen molar-refractivity contribution in [1.29, 1.82) is 0 Å². The van der Waals surface area contributed by atoms with Crippen molar-refractivity contribution >= 4 is 17.7 Å². The van der Waals surface area contributed by atoms with E-state index < -0.39 is 0 Å². The Hall–Kier alpha value is -1.23. The molecule has 0 aromatic heterocycles. The number of aliphatic imine (C=N–C) groups is 1. The van der Waals surface area contributed by atoms with Crippen LogP contribution in [0.4, 0.5) is 4.39 Å². The second-order valence-electron chi connectivity index (χ2n) is 5.13. The van der Waals surface area contributed by atoms with E-state index in [9.17, 15) is 4.39 Å². The summed E-state index contributed by atoms with van der Waals surface area (Å²) < 4.78 is 13.0. The molecule has 2 N–H and O–H groups in total. The van der Waals surface area contributed by atoms with Crippen LogP contribution in [0.3, 0.4) is 0 Å². The lowest BCUT2D eigenvalue weighted by Crippen LogP contribution is -2.42. The van der Waals surface area contributed by atoms with Gasteiger partial charge in [0.05, 0.1) is 0 Å². The van der Waals surface area contributed by atoms with Crippen molar-refractivity contribution in [2.24, 2.45) is 4.99 Å². The van der Waals surface area contributed by atoms with Gasteiger partial charge in [-0.3, -0.25) is 4.99 Å². The average molecular weight is 295 g/mol. The van der Waals surface area contributed by atoms with E-state index >= 15 is 0 Å². The van der Waals surface area contributed by atoms with Crippen molar-refractivity contribution < 1.29 is 4.39 Å². The van der Waals surface area contributed by atoms with Gasteiger partial charge < -0.3 is 10.6 Å². The zero-order chi connectivity index (χ0) is 14.4. The molecule has 1 saturated carbocycles. The summed E-state index contributed by atoms with van der Waals surface area (Å²) in [5.74, 6) is 1.73. The van der Waals surface area contributed by atoms with Crippen molar-refractivity contribution in [3.8, 4) is 0 Å². The topological polar surface area (TPSA) is 36.4 Å². The number of nitrogens with zero attached hydrogens (tertiary/aromatic N) is 1. The number of thioether (sulfide) groups is 1. The fraction of sp³-hybridized carbons (Fsp3) is 0.533. The molecule has 110 valence electrons. The van der Waals surface area contributed by atoms with Gasteiger partial charge >= 0.3 is 0 Å². The third-order valence-electron chi connectivity index (χ3n) is 3.73. The number of hydrogen-bond acceptors (Lipinski definition) is 2. The predicted octanol–water partition coefficient (Wildman–Crippen LogP) is 2.39. The molecule has 0 atom stereocenters. The highest BCUT2D eigenvalue weighted by molar-refractivity contribution is 7.98. The van der Waals surface area contributed by atoms with Gasteiger partial charge in [0.25, 0.3) is 0 Å². The molecular formula is C15H22FN3S. The summed E-state index contributed by atoms with van der Waals surface area (Å²) in [5, 5.41) is 6.67. The highest BCUT2D eigenvalue weighted by Crippen LogP contribution is 2.47. The molecule has 5 heteroatoms. The Bertz CT molecular complexity index is 455. The number of halogens is 1. The molecule has 0 saturated heterocycles. The Kier molecular flexibility index (Phi) is 5.29. The van der Waals surface area contributed by atoms with Gasteiger partial charge in [-0.1, -0.05) is 12.1 Å². The summed E-state index contributed by atoms with van der Waals surface area (Å²) >= 11 is 1.81. The van der Waals surface area contributed by atoms with E-state index in [0.717, 1.165) is 37.6 Å². The number of rotatable bonds is 6. The van der Waals surface area contributed by atoms with Gasteiger partial charge in [-0.2, -0.15) is 11.8 Å². The van der Waals surface area contributed by atoms with Crippen LogP contribution < -0.4 is 10.6 Å². The van der Waals surface area contributed by atoms with Crippen LogP contribution >= 0.6 is 11.8 Å². The Morgan fingerprint density at radius 3 is 2.55 bits per heavy atom. The molecule has 0 unspecified atom stereocenters. The summed E-state index contributed by atoms with van der Waals surface area (Å²) in [6.07, 6.45) is 4.38. The highest BCUT2D eigenvalue weighted by atomic mass is 32.2. The largest absolute Gasteiger partial charge is 0.356 e. The smallest absolute Gasteiger partial charge is 0.191 e. The van der Waals surface area contributed by atoms with E-state index in [1.807, 2.05) is 23.9 Å².